The minimum atomic E-state index is -1.14. The molecule has 5 rings (SSSR count). The molecule has 1 amide bonds. The molecule has 1 aromatic carbocycles. The summed E-state index contributed by atoms with van der Waals surface area (Å²) < 4.78 is 25.5. The SMILES string of the molecule is COc1c(F)cccc1Nc1c2[nH]c3c1C(=O)NC[C@H]3[I-]C(=O)[I-]Oc1cnccc1-2. The zero-order valence-electron chi connectivity index (χ0n) is 16.0. The van der Waals surface area contributed by atoms with Gasteiger partial charge in [-0.3, -0.25) is 0 Å². The summed E-state index contributed by atoms with van der Waals surface area (Å²) in [5, 5.41) is 6.10. The minimum absolute atomic E-state index is 0.0418. The van der Waals surface area contributed by atoms with E-state index in [1.807, 2.05) is 0 Å². The molecule has 0 spiro atoms. The van der Waals surface area contributed by atoms with Gasteiger partial charge in [-0.1, -0.05) is 0 Å². The summed E-state index contributed by atoms with van der Waals surface area (Å²) in [6, 6.07) is 6.30. The number of H-pyrrole nitrogens is 1. The number of carbonyl (C=O) groups is 2. The van der Waals surface area contributed by atoms with Gasteiger partial charge in [0.1, 0.15) is 0 Å². The third-order valence-corrected chi connectivity index (χ3v) is 10.9. The molecular weight excluding hydrogens is 633 g/mol. The summed E-state index contributed by atoms with van der Waals surface area (Å²) in [5.41, 5.74) is 3.30. The molecule has 2 aromatic heterocycles. The van der Waals surface area contributed by atoms with Crippen molar-refractivity contribution in [3.63, 3.8) is 0 Å². The molecule has 3 aromatic rings. The van der Waals surface area contributed by atoms with Gasteiger partial charge in [0.05, 0.1) is 0 Å². The van der Waals surface area contributed by atoms with Crippen LogP contribution in [0.3, 0.4) is 0 Å². The van der Waals surface area contributed by atoms with Crippen LogP contribution in [0.15, 0.2) is 36.7 Å². The number of aromatic nitrogens is 2. The van der Waals surface area contributed by atoms with Crippen LogP contribution in [0.4, 0.5) is 20.6 Å². The number of amides is 1. The van der Waals surface area contributed by atoms with Crippen molar-refractivity contribution in [3.8, 4) is 22.8 Å². The fraction of sp³-hybridized carbons (Fsp3) is 0.150. The van der Waals surface area contributed by atoms with E-state index in [1.54, 1.807) is 30.6 Å². The van der Waals surface area contributed by atoms with Gasteiger partial charge in [0.2, 0.25) is 0 Å². The summed E-state index contributed by atoms with van der Waals surface area (Å²) in [4.78, 5) is 33.0. The number of pyridine rings is 1. The van der Waals surface area contributed by atoms with Crippen molar-refractivity contribution in [3.05, 3.63) is 53.7 Å². The van der Waals surface area contributed by atoms with Crippen LogP contribution in [-0.4, -0.2) is 31.3 Å². The molecule has 31 heavy (non-hydrogen) atoms. The van der Waals surface area contributed by atoms with Gasteiger partial charge in [0.25, 0.3) is 0 Å². The number of methoxy groups -OCH3 is 1. The summed E-state index contributed by atoms with van der Waals surface area (Å²) in [5.74, 6) is -0.263. The summed E-state index contributed by atoms with van der Waals surface area (Å²) in [6.07, 6.45) is 3.18. The third kappa shape index (κ3) is 3.62. The molecule has 1 atom stereocenters. The Morgan fingerprint density at radius 3 is 3.03 bits per heavy atom. The van der Waals surface area contributed by atoms with E-state index < -0.39 is 48.6 Å². The molecule has 2 bridgehead atoms. The van der Waals surface area contributed by atoms with Crippen molar-refractivity contribution in [2.45, 2.75) is 3.92 Å². The number of halogens is 3. The number of para-hydroxylation sites is 1. The molecule has 2 aliphatic rings. The second-order valence-electron chi connectivity index (χ2n) is 6.65. The van der Waals surface area contributed by atoms with E-state index in [0.29, 0.717) is 40.5 Å². The van der Waals surface area contributed by atoms with Crippen molar-refractivity contribution in [1.29, 1.82) is 0 Å². The Hall–Kier alpha value is -2.42. The van der Waals surface area contributed by atoms with Crippen LogP contribution in [0.5, 0.6) is 11.5 Å². The van der Waals surface area contributed by atoms with Crippen molar-refractivity contribution >= 4 is 19.1 Å². The number of rotatable bonds is 3. The van der Waals surface area contributed by atoms with E-state index in [4.69, 9.17) is 7.80 Å². The van der Waals surface area contributed by atoms with Gasteiger partial charge in [-0.15, -0.1) is 0 Å². The Bertz CT molecular complexity index is 1220. The van der Waals surface area contributed by atoms with Crippen LogP contribution in [0.25, 0.3) is 11.3 Å². The van der Waals surface area contributed by atoms with Gasteiger partial charge >= 0.3 is 198 Å². The van der Waals surface area contributed by atoms with E-state index in [9.17, 15) is 14.0 Å². The van der Waals surface area contributed by atoms with Crippen LogP contribution in [0.1, 0.15) is 20.0 Å². The Labute approximate surface area is 197 Å². The monoisotopic (exact) mass is 648 g/mol. The van der Waals surface area contributed by atoms with Gasteiger partial charge < -0.3 is 0 Å². The van der Waals surface area contributed by atoms with Gasteiger partial charge in [-0.05, 0) is 0 Å². The molecule has 0 saturated heterocycles. The topological polar surface area (TPSA) is 105 Å². The Morgan fingerprint density at radius 2 is 2.19 bits per heavy atom. The third-order valence-electron chi connectivity index (χ3n) is 4.90. The summed E-state index contributed by atoms with van der Waals surface area (Å²) >= 11 is -2.04. The number of aromatic amines is 1. The van der Waals surface area contributed by atoms with Gasteiger partial charge in [0, 0.05) is 0 Å². The number of carbonyl (C=O) groups excluding carboxylic acids is 2. The summed E-state index contributed by atoms with van der Waals surface area (Å²) in [6.45, 7) is 0.403. The number of nitrogens with one attached hydrogen (secondary N) is 3. The molecule has 11 heteroatoms. The molecule has 8 nitrogen and oxygen atoms in total. The van der Waals surface area contributed by atoms with E-state index in [0.717, 1.165) is 5.69 Å². The average molecular weight is 648 g/mol. The number of alkyl halides is 1. The van der Waals surface area contributed by atoms with Crippen LogP contribution in [0, 0.1) is 5.82 Å². The number of benzene rings is 1. The number of fused-ring (bicyclic) bond motifs is 3. The van der Waals surface area contributed by atoms with Crippen LogP contribution in [-0.2, 0) is 0 Å². The van der Waals surface area contributed by atoms with Crippen molar-refractivity contribution in [2.24, 2.45) is 0 Å². The number of ether oxygens (including phenoxy) is 1. The Kier molecular flexibility index (Phi) is 5.45. The molecule has 4 heterocycles. The normalized spacial score (nSPS) is 17.8. The van der Waals surface area contributed by atoms with E-state index in [2.05, 4.69) is 20.6 Å². The van der Waals surface area contributed by atoms with Crippen LogP contribution in [0.2, 0.25) is 0 Å². The zero-order chi connectivity index (χ0) is 21.5. The van der Waals surface area contributed by atoms with Gasteiger partial charge in [0.15, 0.2) is 0 Å². The van der Waals surface area contributed by atoms with Gasteiger partial charge in [-0.25, -0.2) is 0 Å². The van der Waals surface area contributed by atoms with Crippen molar-refractivity contribution in [2.75, 3.05) is 19.0 Å². The standard InChI is InChI=1S/C20H15FI2N4O4/c1-30-18-10(21)3-2-4-12(18)26-17-14-16-11(7-25-19(14)28)22-20(29)23-31-13-8-24-6-5-9(13)15(17)27-16/h2-6,8,11,26-27H,7H2,1H3,(H,25,28)/q-2/t11-/m1/s1. The van der Waals surface area contributed by atoms with E-state index in [-0.39, 0.29) is 17.4 Å². The molecule has 0 unspecified atom stereocenters. The first-order valence-corrected chi connectivity index (χ1v) is 13.4. The molecule has 3 N–H and O–H groups in total. The predicted octanol–water partition coefficient (Wildman–Crippen LogP) is -2.64. The fourth-order valence-corrected chi connectivity index (χ4v) is 9.35. The second kappa shape index (κ2) is 8.26. The first kappa shape index (κ1) is 20.5. The fourth-order valence-electron chi connectivity index (χ4n) is 3.57. The molecule has 0 fully saturated rings. The van der Waals surface area contributed by atoms with E-state index >= 15 is 0 Å². The number of anilines is 2. The van der Waals surface area contributed by atoms with Crippen molar-refractivity contribution < 1.29 is 64.6 Å². The maximum absolute atomic E-state index is 14.3. The quantitative estimate of drug-likeness (QED) is 0.163. The van der Waals surface area contributed by atoms with Gasteiger partial charge in [-0.2, -0.15) is 0 Å². The number of hydrogen-bond donors (Lipinski definition) is 3. The summed E-state index contributed by atoms with van der Waals surface area (Å²) in [7, 11) is 1.39. The van der Waals surface area contributed by atoms with Crippen LogP contribution < -0.4 is 61.3 Å². The predicted molar refractivity (Wildman–Crippen MR) is 101 cm³/mol. The molecular formula is C20H15FI2N4O4-2. The van der Waals surface area contributed by atoms with Crippen LogP contribution >= 0.6 is 0 Å². The average Bonchev–Trinajstić information content (AvgIpc) is 3.14. The molecule has 0 radical (unpaired) electrons. The van der Waals surface area contributed by atoms with E-state index in [1.165, 1.54) is 13.2 Å². The zero-order valence-corrected chi connectivity index (χ0v) is 20.3. The maximum atomic E-state index is 14.3. The molecule has 0 saturated carbocycles. The Balaban J connectivity index is 1.76. The second-order valence-corrected chi connectivity index (χ2v) is 13.7. The van der Waals surface area contributed by atoms with Crippen molar-refractivity contribution in [1.82, 2.24) is 15.3 Å². The first-order valence-electron chi connectivity index (χ1n) is 9.14. The first-order chi connectivity index (χ1) is 15.1. The molecule has 2 aliphatic heterocycles. The Morgan fingerprint density at radius 1 is 1.32 bits per heavy atom. The molecule has 0 aliphatic carbocycles. The number of hydrogen-bond acceptors (Lipinski definition) is 6. The number of nitrogens with zero attached hydrogens (tertiary/aromatic N) is 1. The molecule has 162 valence electrons.